The van der Waals surface area contributed by atoms with E-state index < -0.39 is 21.5 Å². The summed E-state index contributed by atoms with van der Waals surface area (Å²) in [7, 11) is 0.506. The third-order valence-corrected chi connectivity index (χ3v) is 14.7. The smallest absolute Gasteiger partial charge is 0.303 e. The number of benzene rings is 3. The lowest BCUT2D eigenvalue weighted by Gasteiger charge is -2.45. The number of piperazine rings is 1. The van der Waals surface area contributed by atoms with Crippen molar-refractivity contribution >= 4 is 32.9 Å². The first-order valence-electron chi connectivity index (χ1n) is 19.8. The van der Waals surface area contributed by atoms with Crippen molar-refractivity contribution in [1.29, 1.82) is 0 Å². The molecule has 1 N–H and O–H groups in total. The Morgan fingerprint density at radius 2 is 1.74 bits per heavy atom. The topological polar surface area (TPSA) is 104 Å². The summed E-state index contributed by atoms with van der Waals surface area (Å²) in [5.41, 5.74) is 6.45. The second kappa shape index (κ2) is 13.5. The largest absolute Gasteiger partial charge is 0.497 e. The molecule has 2 unspecified atom stereocenters. The molecule has 0 spiro atoms. The summed E-state index contributed by atoms with van der Waals surface area (Å²) in [6.07, 6.45) is 9.56. The molecule has 284 valence electrons. The Morgan fingerprint density at radius 1 is 0.944 bits per heavy atom. The van der Waals surface area contributed by atoms with Crippen molar-refractivity contribution in [3.05, 3.63) is 89.0 Å². The van der Waals surface area contributed by atoms with Crippen molar-refractivity contribution in [2.75, 3.05) is 40.8 Å². The molecule has 10 nitrogen and oxygen atoms in total. The maximum absolute atomic E-state index is 15.6. The molecule has 3 aliphatic heterocycles. The second-order valence-corrected chi connectivity index (χ2v) is 18.5. The van der Waals surface area contributed by atoms with Crippen LogP contribution in [0.4, 0.5) is 0 Å². The van der Waals surface area contributed by atoms with Crippen LogP contribution in [0.25, 0.3) is 22.2 Å². The molecule has 4 atom stereocenters. The zero-order valence-electron chi connectivity index (χ0n) is 31.6. The van der Waals surface area contributed by atoms with Gasteiger partial charge in [0.25, 0.3) is 5.91 Å². The predicted octanol–water partition coefficient (Wildman–Crippen LogP) is 6.31. The third-order valence-electron chi connectivity index (χ3n) is 13.3. The van der Waals surface area contributed by atoms with Crippen LogP contribution >= 0.6 is 0 Å². The maximum Gasteiger partial charge on any atom is 0.303 e. The van der Waals surface area contributed by atoms with Gasteiger partial charge in [0.15, 0.2) is 0 Å². The highest BCUT2D eigenvalue weighted by molar-refractivity contribution is 7.87. The number of nitrogens with one attached hydrogen (secondary N) is 1. The Bertz CT molecular complexity index is 2230. The van der Waals surface area contributed by atoms with E-state index in [4.69, 9.17) is 4.74 Å². The standard InChI is InChI=1S/C43H51N5O5S/c1-45(2)54(51,52)44-41(49)30-16-18-35-38(22-30)48-27-43(42(50)47-26-31-15-10-20-46(31)25-32(47)21-28-11-6-4-7-12-28)24-37(43)36-23-33(53-3)17-19-34(36)40(48)39(35)29-13-8-5-9-14-29/h4,6-7,11-12,16-19,22-23,29,31-32,37H,5,8-10,13-15,20-21,24-27H2,1-3H3,(H,44,49)/t31-,32-,37?,43?/m0/s1. The summed E-state index contributed by atoms with van der Waals surface area (Å²) in [5, 5.41) is 1.08. The van der Waals surface area contributed by atoms with E-state index in [1.165, 1.54) is 38.1 Å². The van der Waals surface area contributed by atoms with Crippen LogP contribution in [0.5, 0.6) is 5.75 Å². The minimum absolute atomic E-state index is 0.0277. The van der Waals surface area contributed by atoms with E-state index in [9.17, 15) is 13.2 Å². The first-order valence-corrected chi connectivity index (χ1v) is 21.2. The zero-order chi connectivity index (χ0) is 37.4. The normalized spacial score (nSPS) is 25.4. The summed E-state index contributed by atoms with van der Waals surface area (Å²) in [6.45, 7) is 3.21. The van der Waals surface area contributed by atoms with Crippen molar-refractivity contribution in [1.82, 2.24) is 23.4 Å². The highest BCUT2D eigenvalue weighted by atomic mass is 32.2. The zero-order valence-corrected chi connectivity index (χ0v) is 32.4. The fourth-order valence-corrected chi connectivity index (χ4v) is 10.9. The number of aromatic nitrogens is 1. The van der Waals surface area contributed by atoms with Crippen molar-refractivity contribution in [3.63, 3.8) is 0 Å². The number of amides is 2. The van der Waals surface area contributed by atoms with Gasteiger partial charge in [-0.1, -0.05) is 55.7 Å². The molecule has 54 heavy (non-hydrogen) atoms. The molecular formula is C43H51N5O5S. The van der Waals surface area contributed by atoms with Crippen LogP contribution < -0.4 is 9.46 Å². The van der Waals surface area contributed by atoms with Gasteiger partial charge in [-0.25, -0.2) is 4.72 Å². The minimum Gasteiger partial charge on any atom is -0.497 e. The molecule has 4 aromatic rings. The van der Waals surface area contributed by atoms with Gasteiger partial charge in [-0.3, -0.25) is 14.5 Å². The van der Waals surface area contributed by atoms with Gasteiger partial charge in [0.1, 0.15) is 5.75 Å². The molecule has 4 fully saturated rings. The molecular weight excluding hydrogens is 699 g/mol. The molecule has 2 amide bonds. The number of hydrogen-bond donors (Lipinski definition) is 1. The van der Waals surface area contributed by atoms with E-state index >= 15 is 4.79 Å². The molecule has 9 rings (SSSR count). The van der Waals surface area contributed by atoms with Crippen LogP contribution in [0.2, 0.25) is 0 Å². The fraction of sp³-hybridized carbons (Fsp3) is 0.488. The summed E-state index contributed by atoms with van der Waals surface area (Å²) in [6, 6.07) is 23.0. The van der Waals surface area contributed by atoms with Crippen molar-refractivity contribution in [2.45, 2.75) is 88.3 Å². The van der Waals surface area contributed by atoms with Crippen molar-refractivity contribution < 1.29 is 22.7 Å². The Morgan fingerprint density at radius 3 is 2.50 bits per heavy atom. The van der Waals surface area contributed by atoms with Crippen LogP contribution in [-0.4, -0.2) is 91.8 Å². The number of rotatable bonds is 8. The Kier molecular flexibility index (Phi) is 8.90. The lowest BCUT2D eigenvalue weighted by molar-refractivity contribution is -0.144. The number of hydrogen-bond acceptors (Lipinski definition) is 6. The van der Waals surface area contributed by atoms with Gasteiger partial charge in [0, 0.05) is 73.8 Å². The van der Waals surface area contributed by atoms with E-state index in [-0.39, 0.29) is 23.4 Å². The summed E-state index contributed by atoms with van der Waals surface area (Å²) >= 11 is 0. The monoisotopic (exact) mass is 749 g/mol. The van der Waals surface area contributed by atoms with Crippen LogP contribution in [0.3, 0.4) is 0 Å². The number of carbonyl (C=O) groups excluding carboxylic acids is 2. The van der Waals surface area contributed by atoms with E-state index in [0.717, 1.165) is 102 Å². The Balaban J connectivity index is 1.20. The predicted molar refractivity (Wildman–Crippen MR) is 210 cm³/mol. The van der Waals surface area contributed by atoms with Gasteiger partial charge < -0.3 is 14.2 Å². The SMILES string of the molecule is COc1ccc2c(c1)C1CC1(C(=O)N1C[C@@H]3CCCN3C[C@@H]1Cc1ccccc1)Cn1c-2c(C2CCCCC2)c2ccc(C(=O)NS(=O)(=O)N(C)C)cc21. The molecule has 4 heterocycles. The summed E-state index contributed by atoms with van der Waals surface area (Å²) in [4.78, 5) is 34.0. The van der Waals surface area contributed by atoms with Gasteiger partial charge in [-0.15, -0.1) is 0 Å². The number of carbonyl (C=O) groups is 2. The van der Waals surface area contributed by atoms with Gasteiger partial charge in [0.2, 0.25) is 5.91 Å². The van der Waals surface area contributed by atoms with Crippen LogP contribution in [0.1, 0.15) is 90.3 Å². The number of fused-ring (bicyclic) bond motifs is 8. The Labute approximate surface area is 318 Å². The minimum atomic E-state index is -3.99. The number of methoxy groups -OCH3 is 1. The van der Waals surface area contributed by atoms with E-state index in [0.29, 0.717) is 18.5 Å². The lowest BCUT2D eigenvalue weighted by Crippen LogP contribution is -2.60. The second-order valence-electron chi connectivity index (χ2n) is 16.6. The molecule has 0 bridgehead atoms. The Hall–Kier alpha value is -4.19. The molecule has 3 aromatic carbocycles. The average molecular weight is 750 g/mol. The molecule has 2 aliphatic carbocycles. The first kappa shape index (κ1) is 35.5. The first-order chi connectivity index (χ1) is 26.1. The summed E-state index contributed by atoms with van der Waals surface area (Å²) in [5.74, 6) is 0.711. The van der Waals surface area contributed by atoms with Crippen molar-refractivity contribution in [2.24, 2.45) is 5.41 Å². The molecule has 2 saturated carbocycles. The van der Waals surface area contributed by atoms with Crippen LogP contribution in [-0.2, 0) is 28.0 Å². The van der Waals surface area contributed by atoms with Gasteiger partial charge in [-0.05, 0) is 98.0 Å². The molecule has 1 aromatic heterocycles. The van der Waals surface area contributed by atoms with Crippen LogP contribution in [0.15, 0.2) is 66.7 Å². The highest BCUT2D eigenvalue weighted by Crippen LogP contribution is 2.66. The molecule has 0 radical (unpaired) electrons. The molecule has 11 heteroatoms. The van der Waals surface area contributed by atoms with Gasteiger partial charge in [-0.2, -0.15) is 12.7 Å². The van der Waals surface area contributed by atoms with Gasteiger partial charge >= 0.3 is 10.2 Å². The van der Waals surface area contributed by atoms with Gasteiger partial charge in [0.05, 0.1) is 18.2 Å². The maximum atomic E-state index is 15.6. The summed E-state index contributed by atoms with van der Waals surface area (Å²) < 4.78 is 36.8. The highest BCUT2D eigenvalue weighted by Gasteiger charge is 2.64. The number of ether oxygens (including phenoxy) is 1. The average Bonchev–Trinajstić information content (AvgIpc) is 3.62. The quantitative estimate of drug-likeness (QED) is 0.227. The fourth-order valence-electron chi connectivity index (χ4n) is 10.4. The van der Waals surface area contributed by atoms with E-state index in [1.54, 1.807) is 13.2 Å². The van der Waals surface area contributed by atoms with E-state index in [1.807, 2.05) is 24.3 Å². The molecule has 2 saturated heterocycles. The lowest BCUT2D eigenvalue weighted by atomic mass is 9.81. The van der Waals surface area contributed by atoms with Crippen molar-refractivity contribution in [3.8, 4) is 17.0 Å². The van der Waals surface area contributed by atoms with Crippen LogP contribution in [0, 0.1) is 5.41 Å². The van der Waals surface area contributed by atoms with E-state index in [2.05, 4.69) is 55.5 Å². The third kappa shape index (κ3) is 5.94. The number of nitrogens with zero attached hydrogens (tertiary/aromatic N) is 4. The molecule has 5 aliphatic rings.